The van der Waals surface area contributed by atoms with Crippen LogP contribution in [0.2, 0.25) is 0 Å². The SMILES string of the molecule is CSc1ccccc1NC(=O)CN1CCC[C@@H]1c1cccs1. The number of nitrogens with zero attached hydrogens (tertiary/aromatic N) is 1. The molecule has 1 atom stereocenters. The van der Waals surface area contributed by atoms with Gasteiger partial charge in [-0.2, -0.15) is 0 Å². The number of anilines is 1. The summed E-state index contributed by atoms with van der Waals surface area (Å²) in [6, 6.07) is 12.6. The molecule has 3 nitrogen and oxygen atoms in total. The van der Waals surface area contributed by atoms with Crippen molar-refractivity contribution in [2.24, 2.45) is 0 Å². The van der Waals surface area contributed by atoms with E-state index in [0.717, 1.165) is 30.0 Å². The minimum absolute atomic E-state index is 0.0740. The van der Waals surface area contributed by atoms with E-state index in [2.05, 4.69) is 27.7 Å². The molecule has 0 radical (unpaired) electrons. The average molecular weight is 332 g/mol. The number of nitrogens with one attached hydrogen (secondary N) is 1. The summed E-state index contributed by atoms with van der Waals surface area (Å²) in [5.41, 5.74) is 0.909. The van der Waals surface area contributed by atoms with Crippen molar-refractivity contribution in [3.05, 3.63) is 46.7 Å². The van der Waals surface area contributed by atoms with Gasteiger partial charge < -0.3 is 5.32 Å². The second kappa shape index (κ2) is 7.31. The third-order valence-electron chi connectivity index (χ3n) is 3.96. The largest absolute Gasteiger partial charge is 0.324 e. The fourth-order valence-electron chi connectivity index (χ4n) is 2.94. The topological polar surface area (TPSA) is 32.3 Å². The Morgan fingerprint density at radius 3 is 3.00 bits per heavy atom. The summed E-state index contributed by atoms with van der Waals surface area (Å²) in [7, 11) is 0. The first-order valence-electron chi connectivity index (χ1n) is 7.48. The average Bonchev–Trinajstić information content (AvgIpc) is 3.18. The number of carbonyl (C=O) groups excluding carboxylic acids is 1. The van der Waals surface area contributed by atoms with Crippen LogP contribution in [0.4, 0.5) is 5.69 Å². The molecule has 22 heavy (non-hydrogen) atoms. The molecule has 1 aromatic heterocycles. The summed E-state index contributed by atoms with van der Waals surface area (Å²) < 4.78 is 0. The predicted octanol–water partition coefficient (Wildman–Crippen LogP) is 4.25. The molecule has 0 bridgehead atoms. The molecular weight excluding hydrogens is 312 g/mol. The Kier molecular flexibility index (Phi) is 5.18. The molecule has 5 heteroatoms. The van der Waals surface area contributed by atoms with Crippen LogP contribution in [0, 0.1) is 0 Å². The number of thioether (sulfide) groups is 1. The normalized spacial score (nSPS) is 18.5. The summed E-state index contributed by atoms with van der Waals surface area (Å²) in [5, 5.41) is 5.17. The van der Waals surface area contributed by atoms with Gasteiger partial charge in [-0.15, -0.1) is 23.1 Å². The summed E-state index contributed by atoms with van der Waals surface area (Å²) in [4.78, 5) is 17.2. The lowest BCUT2D eigenvalue weighted by Gasteiger charge is -2.23. The number of benzene rings is 1. The van der Waals surface area contributed by atoms with E-state index >= 15 is 0 Å². The molecule has 1 aromatic carbocycles. The number of thiophene rings is 1. The molecule has 2 heterocycles. The maximum atomic E-state index is 12.4. The maximum Gasteiger partial charge on any atom is 0.238 e. The molecular formula is C17H20N2OS2. The fraction of sp³-hybridized carbons (Fsp3) is 0.353. The van der Waals surface area contributed by atoms with Gasteiger partial charge in [0.15, 0.2) is 0 Å². The fourth-order valence-corrected chi connectivity index (χ4v) is 4.39. The van der Waals surface area contributed by atoms with E-state index in [1.54, 1.807) is 23.1 Å². The van der Waals surface area contributed by atoms with Crippen molar-refractivity contribution in [1.82, 2.24) is 4.90 Å². The number of amides is 1. The van der Waals surface area contributed by atoms with Gasteiger partial charge in [-0.25, -0.2) is 0 Å². The molecule has 1 aliphatic heterocycles. The number of carbonyl (C=O) groups is 1. The van der Waals surface area contributed by atoms with E-state index in [1.165, 1.54) is 4.88 Å². The smallest absolute Gasteiger partial charge is 0.238 e. The van der Waals surface area contributed by atoms with E-state index in [9.17, 15) is 4.79 Å². The van der Waals surface area contributed by atoms with Gasteiger partial charge in [-0.1, -0.05) is 18.2 Å². The van der Waals surface area contributed by atoms with Gasteiger partial charge in [0.25, 0.3) is 0 Å². The highest BCUT2D eigenvalue weighted by Gasteiger charge is 2.28. The van der Waals surface area contributed by atoms with Crippen LogP contribution in [0.25, 0.3) is 0 Å². The molecule has 0 unspecified atom stereocenters. The second-order valence-electron chi connectivity index (χ2n) is 5.39. The van der Waals surface area contributed by atoms with Crippen molar-refractivity contribution in [2.75, 3.05) is 24.7 Å². The highest BCUT2D eigenvalue weighted by atomic mass is 32.2. The standard InChI is InChI=1S/C17H20N2OS2/c1-21-15-8-3-2-6-13(15)18-17(20)12-19-10-4-7-14(19)16-9-5-11-22-16/h2-3,5-6,8-9,11,14H,4,7,10,12H2,1H3,(H,18,20)/t14-/m1/s1. The minimum Gasteiger partial charge on any atom is -0.324 e. The van der Waals surface area contributed by atoms with Crippen molar-refractivity contribution < 1.29 is 4.79 Å². The summed E-state index contributed by atoms with van der Waals surface area (Å²) in [5.74, 6) is 0.0740. The summed E-state index contributed by atoms with van der Waals surface area (Å²) in [6.45, 7) is 1.46. The maximum absolute atomic E-state index is 12.4. The van der Waals surface area contributed by atoms with Crippen LogP contribution >= 0.6 is 23.1 Å². The lowest BCUT2D eigenvalue weighted by Crippen LogP contribution is -2.32. The third kappa shape index (κ3) is 3.54. The Morgan fingerprint density at radius 1 is 1.36 bits per heavy atom. The monoisotopic (exact) mass is 332 g/mol. The molecule has 0 spiro atoms. The molecule has 116 valence electrons. The zero-order valence-electron chi connectivity index (χ0n) is 12.6. The van der Waals surface area contributed by atoms with E-state index in [4.69, 9.17) is 0 Å². The van der Waals surface area contributed by atoms with Crippen LogP contribution in [0.15, 0.2) is 46.7 Å². The van der Waals surface area contributed by atoms with E-state index < -0.39 is 0 Å². The number of hydrogen-bond acceptors (Lipinski definition) is 4. The molecule has 3 rings (SSSR count). The summed E-state index contributed by atoms with van der Waals surface area (Å²) >= 11 is 3.44. The Labute approximate surface area is 139 Å². The van der Waals surface area contributed by atoms with Crippen LogP contribution in [0.3, 0.4) is 0 Å². The van der Waals surface area contributed by atoms with Crippen LogP contribution < -0.4 is 5.32 Å². The quantitative estimate of drug-likeness (QED) is 0.831. The van der Waals surface area contributed by atoms with E-state index in [0.29, 0.717) is 12.6 Å². The van der Waals surface area contributed by atoms with Crippen molar-refractivity contribution in [3.8, 4) is 0 Å². The first kappa shape index (κ1) is 15.6. The molecule has 0 aliphatic carbocycles. The number of rotatable bonds is 5. The van der Waals surface area contributed by atoms with Gasteiger partial charge in [-0.05, 0) is 49.2 Å². The van der Waals surface area contributed by atoms with Gasteiger partial charge in [-0.3, -0.25) is 9.69 Å². The minimum atomic E-state index is 0.0740. The molecule has 1 saturated heterocycles. The number of likely N-dealkylation sites (tertiary alicyclic amines) is 1. The number of hydrogen-bond donors (Lipinski definition) is 1. The molecule has 1 fully saturated rings. The van der Waals surface area contributed by atoms with Gasteiger partial charge in [0.2, 0.25) is 5.91 Å². The molecule has 2 aromatic rings. The first-order chi connectivity index (χ1) is 10.8. The number of para-hydroxylation sites is 1. The Balaban J connectivity index is 1.64. The van der Waals surface area contributed by atoms with Gasteiger partial charge >= 0.3 is 0 Å². The Morgan fingerprint density at radius 2 is 2.23 bits per heavy atom. The summed E-state index contributed by atoms with van der Waals surface area (Å²) in [6.07, 6.45) is 4.34. The van der Waals surface area contributed by atoms with Gasteiger partial charge in [0, 0.05) is 15.8 Å². The van der Waals surface area contributed by atoms with Crippen molar-refractivity contribution in [2.45, 2.75) is 23.8 Å². The van der Waals surface area contributed by atoms with Crippen molar-refractivity contribution in [3.63, 3.8) is 0 Å². The molecule has 1 N–H and O–H groups in total. The third-order valence-corrected chi connectivity index (χ3v) is 5.73. The Bertz CT molecular complexity index is 627. The zero-order chi connectivity index (χ0) is 15.4. The molecule has 0 saturated carbocycles. The zero-order valence-corrected chi connectivity index (χ0v) is 14.3. The predicted molar refractivity (Wildman–Crippen MR) is 94.7 cm³/mol. The van der Waals surface area contributed by atoms with Crippen LogP contribution in [0.1, 0.15) is 23.8 Å². The van der Waals surface area contributed by atoms with Gasteiger partial charge in [0.05, 0.1) is 12.2 Å². The lowest BCUT2D eigenvalue weighted by molar-refractivity contribution is -0.117. The lowest BCUT2D eigenvalue weighted by atomic mass is 10.2. The van der Waals surface area contributed by atoms with Crippen molar-refractivity contribution >= 4 is 34.7 Å². The Hall–Kier alpha value is -1.30. The van der Waals surface area contributed by atoms with Crippen LogP contribution in [-0.4, -0.2) is 30.2 Å². The van der Waals surface area contributed by atoms with Crippen LogP contribution in [0.5, 0.6) is 0 Å². The highest BCUT2D eigenvalue weighted by molar-refractivity contribution is 7.98. The van der Waals surface area contributed by atoms with Crippen LogP contribution in [-0.2, 0) is 4.79 Å². The molecule has 1 amide bonds. The van der Waals surface area contributed by atoms with Crippen molar-refractivity contribution in [1.29, 1.82) is 0 Å². The van der Waals surface area contributed by atoms with E-state index in [-0.39, 0.29) is 5.91 Å². The highest BCUT2D eigenvalue weighted by Crippen LogP contribution is 2.34. The second-order valence-corrected chi connectivity index (χ2v) is 7.22. The first-order valence-corrected chi connectivity index (χ1v) is 9.58. The van der Waals surface area contributed by atoms with Gasteiger partial charge in [0.1, 0.15) is 0 Å². The van der Waals surface area contributed by atoms with E-state index in [1.807, 2.05) is 30.5 Å². The molecule has 1 aliphatic rings.